The number of carbonyl (C=O) groups is 4. The van der Waals surface area contributed by atoms with Crippen molar-refractivity contribution < 1.29 is 48.1 Å². The van der Waals surface area contributed by atoms with Gasteiger partial charge in [0, 0.05) is 45.2 Å². The Balaban J connectivity index is -0.000000411. The fourth-order valence-electron chi connectivity index (χ4n) is 1.34. The zero-order chi connectivity index (χ0) is 20.2. The molecule has 0 amide bonds. The molecule has 0 aromatic heterocycles. The van der Waals surface area contributed by atoms with Gasteiger partial charge in [0.15, 0.2) is 0 Å². The van der Waals surface area contributed by atoms with Crippen LogP contribution in [0, 0.1) is 0 Å². The van der Waals surface area contributed by atoms with E-state index in [1.54, 1.807) is 24.3 Å². The van der Waals surface area contributed by atoms with Crippen LogP contribution in [0.2, 0.25) is 0 Å². The van der Waals surface area contributed by atoms with Crippen molar-refractivity contribution in [3.8, 4) is 0 Å². The van der Waals surface area contributed by atoms with Gasteiger partial charge in [-0.1, -0.05) is 24.3 Å². The van der Waals surface area contributed by atoms with Crippen LogP contribution in [0.25, 0.3) is 0 Å². The summed E-state index contributed by atoms with van der Waals surface area (Å²) in [6, 6.07) is 0. The average molecular weight is 466 g/mol. The molecule has 0 heterocycles. The summed E-state index contributed by atoms with van der Waals surface area (Å²) in [6.45, 7) is 13.8. The number of hydrogen-bond donors (Lipinski definition) is 0. The molecule has 0 aliphatic carbocycles. The third kappa shape index (κ3) is 23.9. The van der Waals surface area contributed by atoms with Gasteiger partial charge < -0.3 is 9.47 Å². The van der Waals surface area contributed by atoms with E-state index in [1.807, 2.05) is 0 Å². The van der Waals surface area contributed by atoms with Crippen LogP contribution in [0.15, 0.2) is 50.6 Å². The average Bonchev–Trinajstić information content (AvgIpc) is 2.61. The maximum absolute atomic E-state index is 10.9. The molecule has 0 bridgehead atoms. The summed E-state index contributed by atoms with van der Waals surface area (Å²) in [5.74, 6) is -1.97. The SMILES string of the molecule is C=CCCC(=O)OC(=O)CCC=C.C=CCCC(=O)OC(=O)CCC=C.[Ru]. The minimum atomic E-state index is -0.492. The molecule has 0 unspecified atom stereocenters. The third-order valence-electron chi connectivity index (χ3n) is 2.67. The van der Waals surface area contributed by atoms with Crippen LogP contribution in [0.4, 0.5) is 0 Å². The fourth-order valence-corrected chi connectivity index (χ4v) is 1.34. The topological polar surface area (TPSA) is 86.7 Å². The molecule has 0 spiro atoms. The largest absolute Gasteiger partial charge is 0.393 e. The van der Waals surface area contributed by atoms with Gasteiger partial charge in [-0.15, -0.1) is 26.3 Å². The fraction of sp³-hybridized carbons (Fsp3) is 0.400. The Morgan fingerprint density at radius 1 is 0.519 bits per heavy atom. The van der Waals surface area contributed by atoms with Crippen molar-refractivity contribution in [1.29, 1.82) is 0 Å². The molecule has 0 atom stereocenters. The minimum absolute atomic E-state index is 0. The van der Waals surface area contributed by atoms with Gasteiger partial charge in [-0.05, 0) is 25.7 Å². The van der Waals surface area contributed by atoms with Crippen LogP contribution in [0.1, 0.15) is 51.4 Å². The quantitative estimate of drug-likeness (QED) is 0.188. The van der Waals surface area contributed by atoms with Gasteiger partial charge in [0.2, 0.25) is 0 Å². The molecule has 0 aliphatic rings. The number of hydrogen-bond acceptors (Lipinski definition) is 6. The Morgan fingerprint density at radius 2 is 0.704 bits per heavy atom. The minimum Gasteiger partial charge on any atom is -0.393 e. The summed E-state index contributed by atoms with van der Waals surface area (Å²) in [5, 5.41) is 0. The second-order valence-corrected chi connectivity index (χ2v) is 5.00. The summed E-state index contributed by atoms with van der Waals surface area (Å²) in [6.07, 6.45) is 9.41. The Bertz CT molecular complexity index is 421. The van der Waals surface area contributed by atoms with E-state index in [1.165, 1.54) is 0 Å². The number of allylic oxidation sites excluding steroid dienone is 4. The number of ether oxygens (including phenoxy) is 2. The van der Waals surface area contributed by atoms with Gasteiger partial charge >= 0.3 is 23.9 Å². The smallest absolute Gasteiger partial charge is 0.313 e. The van der Waals surface area contributed by atoms with Crippen LogP contribution in [0.5, 0.6) is 0 Å². The first-order valence-corrected chi connectivity index (χ1v) is 8.31. The van der Waals surface area contributed by atoms with E-state index in [2.05, 4.69) is 35.8 Å². The normalized spacial score (nSPS) is 8.59. The van der Waals surface area contributed by atoms with Crippen molar-refractivity contribution in [1.82, 2.24) is 0 Å². The number of esters is 4. The second kappa shape index (κ2) is 21.9. The first kappa shape index (κ1) is 29.6. The van der Waals surface area contributed by atoms with E-state index in [9.17, 15) is 19.2 Å². The Kier molecular flexibility index (Phi) is 24.0. The Labute approximate surface area is 174 Å². The van der Waals surface area contributed by atoms with E-state index < -0.39 is 23.9 Å². The molecule has 0 aromatic rings. The third-order valence-corrected chi connectivity index (χ3v) is 2.67. The first-order chi connectivity index (χ1) is 12.4. The molecular weight excluding hydrogens is 437 g/mol. The maximum Gasteiger partial charge on any atom is 0.313 e. The summed E-state index contributed by atoms with van der Waals surface area (Å²) < 4.78 is 8.96. The van der Waals surface area contributed by atoms with E-state index >= 15 is 0 Å². The molecule has 0 radical (unpaired) electrons. The zero-order valence-corrected chi connectivity index (χ0v) is 17.3. The number of rotatable bonds is 12. The molecule has 0 saturated heterocycles. The predicted octanol–water partition coefficient (Wildman–Crippen LogP) is 3.97. The van der Waals surface area contributed by atoms with Crippen LogP contribution in [-0.4, -0.2) is 23.9 Å². The monoisotopic (exact) mass is 466 g/mol. The van der Waals surface area contributed by atoms with Crippen molar-refractivity contribution >= 4 is 23.9 Å². The molecular formula is C20H28O6Ru. The standard InChI is InChI=1S/2C10H14O3.Ru/c2*1-3-5-7-9(11)13-10(12)8-6-4-2;/h2*3-4H,1-2,5-8H2;. The molecule has 0 N–H and O–H groups in total. The molecule has 0 rings (SSSR count). The van der Waals surface area contributed by atoms with Crippen molar-refractivity contribution in [2.45, 2.75) is 51.4 Å². The van der Waals surface area contributed by atoms with Crippen LogP contribution < -0.4 is 0 Å². The van der Waals surface area contributed by atoms with Crippen LogP contribution >= 0.6 is 0 Å². The Morgan fingerprint density at radius 3 is 0.852 bits per heavy atom. The van der Waals surface area contributed by atoms with Gasteiger partial charge in [-0.3, -0.25) is 19.2 Å². The van der Waals surface area contributed by atoms with Crippen molar-refractivity contribution in [3.05, 3.63) is 50.6 Å². The molecule has 0 aromatic carbocycles. The summed E-state index contributed by atoms with van der Waals surface area (Å²) in [4.78, 5) is 43.4. The molecule has 0 fully saturated rings. The van der Waals surface area contributed by atoms with Crippen molar-refractivity contribution in [2.24, 2.45) is 0 Å². The molecule has 0 aliphatic heterocycles. The first-order valence-electron chi connectivity index (χ1n) is 8.31. The van der Waals surface area contributed by atoms with Crippen LogP contribution in [-0.2, 0) is 48.1 Å². The maximum atomic E-state index is 10.9. The van der Waals surface area contributed by atoms with E-state index in [4.69, 9.17) is 0 Å². The Hall–Kier alpha value is -2.14. The molecule has 6 nitrogen and oxygen atoms in total. The van der Waals surface area contributed by atoms with E-state index in [-0.39, 0.29) is 45.2 Å². The van der Waals surface area contributed by atoms with Gasteiger partial charge in [0.05, 0.1) is 0 Å². The van der Waals surface area contributed by atoms with Crippen molar-refractivity contribution in [3.63, 3.8) is 0 Å². The molecule has 0 saturated carbocycles. The second-order valence-electron chi connectivity index (χ2n) is 5.00. The molecule has 27 heavy (non-hydrogen) atoms. The predicted molar refractivity (Wildman–Crippen MR) is 99.9 cm³/mol. The van der Waals surface area contributed by atoms with Gasteiger partial charge in [0.1, 0.15) is 0 Å². The van der Waals surface area contributed by atoms with Gasteiger partial charge in [-0.2, -0.15) is 0 Å². The molecule has 7 heteroatoms. The van der Waals surface area contributed by atoms with Gasteiger partial charge in [-0.25, -0.2) is 0 Å². The summed E-state index contributed by atoms with van der Waals surface area (Å²) >= 11 is 0. The summed E-state index contributed by atoms with van der Waals surface area (Å²) in [7, 11) is 0. The van der Waals surface area contributed by atoms with Gasteiger partial charge in [0.25, 0.3) is 0 Å². The van der Waals surface area contributed by atoms with E-state index in [0.717, 1.165) is 0 Å². The number of carbonyl (C=O) groups excluding carboxylic acids is 4. The molecule has 152 valence electrons. The van der Waals surface area contributed by atoms with Crippen molar-refractivity contribution in [2.75, 3.05) is 0 Å². The zero-order valence-electron chi connectivity index (χ0n) is 15.6. The summed E-state index contributed by atoms with van der Waals surface area (Å²) in [5.41, 5.74) is 0. The van der Waals surface area contributed by atoms with Crippen LogP contribution in [0.3, 0.4) is 0 Å². The van der Waals surface area contributed by atoms with E-state index in [0.29, 0.717) is 25.7 Å².